The summed E-state index contributed by atoms with van der Waals surface area (Å²) in [5.41, 5.74) is 5.35. The van der Waals surface area contributed by atoms with Gasteiger partial charge in [-0.1, -0.05) is 19.8 Å². The van der Waals surface area contributed by atoms with Crippen LogP contribution >= 0.6 is 12.4 Å². The van der Waals surface area contributed by atoms with Gasteiger partial charge >= 0.3 is 0 Å². The van der Waals surface area contributed by atoms with E-state index in [1.807, 2.05) is 0 Å². The van der Waals surface area contributed by atoms with E-state index < -0.39 is 0 Å². The van der Waals surface area contributed by atoms with Crippen molar-refractivity contribution in [2.75, 3.05) is 19.6 Å². The first kappa shape index (κ1) is 16.2. The monoisotopic (exact) mass is 263 g/mol. The minimum atomic E-state index is -0.303. The predicted octanol–water partition coefficient (Wildman–Crippen LogP) is 0.180. The van der Waals surface area contributed by atoms with E-state index in [0.29, 0.717) is 6.54 Å². The van der Waals surface area contributed by atoms with Crippen LogP contribution in [0.2, 0.25) is 0 Å². The van der Waals surface area contributed by atoms with Gasteiger partial charge in [-0.25, -0.2) is 0 Å². The fraction of sp³-hybridized carbons (Fsp3) is 0.818. The van der Waals surface area contributed by atoms with Crippen LogP contribution in [0, 0.1) is 5.41 Å². The van der Waals surface area contributed by atoms with Crippen LogP contribution in [0.15, 0.2) is 0 Å². The van der Waals surface area contributed by atoms with Gasteiger partial charge in [-0.15, -0.1) is 12.4 Å². The second-order valence-electron chi connectivity index (χ2n) is 4.78. The smallest absolute Gasteiger partial charge is 0.239 e. The molecule has 1 aliphatic carbocycles. The van der Waals surface area contributed by atoms with Crippen molar-refractivity contribution in [3.63, 3.8) is 0 Å². The Kier molecular flexibility index (Phi) is 7.15. The Morgan fingerprint density at radius 3 is 2.29 bits per heavy atom. The maximum atomic E-state index is 11.4. The van der Waals surface area contributed by atoms with Gasteiger partial charge in [-0.05, 0) is 18.3 Å². The Bertz CT molecular complexity index is 265. The van der Waals surface area contributed by atoms with E-state index in [2.05, 4.69) is 17.6 Å². The molecule has 0 aromatic rings. The number of hydrogen-bond donors (Lipinski definition) is 3. The van der Waals surface area contributed by atoms with Crippen molar-refractivity contribution < 1.29 is 9.59 Å². The van der Waals surface area contributed by atoms with E-state index >= 15 is 0 Å². The van der Waals surface area contributed by atoms with Crippen LogP contribution in [0.3, 0.4) is 0 Å². The van der Waals surface area contributed by atoms with Crippen molar-refractivity contribution in [1.29, 1.82) is 0 Å². The lowest BCUT2D eigenvalue weighted by Gasteiger charge is -2.23. The summed E-state index contributed by atoms with van der Waals surface area (Å²) in [5, 5.41) is 5.29. The average molecular weight is 264 g/mol. The van der Waals surface area contributed by atoms with Crippen LogP contribution in [0.4, 0.5) is 0 Å². The Balaban J connectivity index is 0.00000256. The summed E-state index contributed by atoms with van der Waals surface area (Å²) in [6.07, 6.45) is 4.83. The lowest BCUT2D eigenvalue weighted by Crippen LogP contribution is -2.42. The normalized spacial score (nSPS) is 17.1. The molecule has 17 heavy (non-hydrogen) atoms. The zero-order valence-electron chi connectivity index (χ0n) is 10.3. The van der Waals surface area contributed by atoms with Crippen molar-refractivity contribution in [1.82, 2.24) is 10.6 Å². The third kappa shape index (κ3) is 5.89. The average Bonchev–Trinajstić information content (AvgIpc) is 2.71. The summed E-state index contributed by atoms with van der Waals surface area (Å²) >= 11 is 0. The lowest BCUT2D eigenvalue weighted by molar-refractivity contribution is -0.125. The molecular formula is C11H22ClN3O2. The second-order valence-corrected chi connectivity index (χ2v) is 4.78. The van der Waals surface area contributed by atoms with Crippen LogP contribution < -0.4 is 16.4 Å². The van der Waals surface area contributed by atoms with E-state index in [0.717, 1.165) is 0 Å². The third-order valence-electron chi connectivity index (χ3n) is 3.15. The van der Waals surface area contributed by atoms with Gasteiger partial charge in [-0.2, -0.15) is 0 Å². The van der Waals surface area contributed by atoms with E-state index in [-0.39, 0.29) is 42.7 Å². The summed E-state index contributed by atoms with van der Waals surface area (Å²) in [5.74, 6) is -0.447. The van der Waals surface area contributed by atoms with Crippen molar-refractivity contribution in [2.24, 2.45) is 11.1 Å². The number of carbonyl (C=O) groups is 2. The summed E-state index contributed by atoms with van der Waals surface area (Å²) in [6.45, 7) is 2.83. The highest BCUT2D eigenvalue weighted by Gasteiger charge is 2.28. The molecule has 0 aliphatic heterocycles. The lowest BCUT2D eigenvalue weighted by atomic mass is 9.89. The Morgan fingerprint density at radius 2 is 1.76 bits per heavy atom. The molecule has 0 atom stereocenters. The molecule has 2 amide bonds. The van der Waals surface area contributed by atoms with Gasteiger partial charge in [0.2, 0.25) is 11.8 Å². The quantitative estimate of drug-likeness (QED) is 0.662. The fourth-order valence-corrected chi connectivity index (χ4v) is 2.03. The maximum absolute atomic E-state index is 11.4. The Morgan fingerprint density at radius 1 is 1.18 bits per heavy atom. The molecule has 0 aromatic carbocycles. The zero-order valence-corrected chi connectivity index (χ0v) is 11.1. The highest BCUT2D eigenvalue weighted by Crippen LogP contribution is 2.36. The molecule has 1 saturated carbocycles. The van der Waals surface area contributed by atoms with E-state index in [9.17, 15) is 9.59 Å². The van der Waals surface area contributed by atoms with E-state index in [1.165, 1.54) is 25.7 Å². The van der Waals surface area contributed by atoms with Gasteiger partial charge in [0.05, 0.1) is 13.1 Å². The molecule has 1 aliphatic rings. The Labute approximate surface area is 108 Å². The summed E-state index contributed by atoms with van der Waals surface area (Å²) in [4.78, 5) is 22.2. The molecule has 100 valence electrons. The second kappa shape index (κ2) is 7.50. The summed E-state index contributed by atoms with van der Waals surface area (Å²) in [7, 11) is 0. The minimum Gasteiger partial charge on any atom is -0.354 e. The van der Waals surface area contributed by atoms with Gasteiger partial charge in [0.15, 0.2) is 0 Å². The molecule has 0 saturated heterocycles. The van der Waals surface area contributed by atoms with Crippen LogP contribution in [-0.2, 0) is 9.59 Å². The first-order chi connectivity index (χ1) is 7.56. The summed E-state index contributed by atoms with van der Waals surface area (Å²) < 4.78 is 0. The van der Waals surface area contributed by atoms with E-state index in [1.54, 1.807) is 0 Å². The van der Waals surface area contributed by atoms with Crippen molar-refractivity contribution in [3.05, 3.63) is 0 Å². The number of hydrogen-bond acceptors (Lipinski definition) is 3. The molecule has 0 spiro atoms. The van der Waals surface area contributed by atoms with Gasteiger partial charge in [0.25, 0.3) is 0 Å². The number of nitrogens with two attached hydrogens (primary N) is 1. The minimum absolute atomic E-state index is 0. The fourth-order valence-electron chi connectivity index (χ4n) is 2.03. The van der Waals surface area contributed by atoms with Crippen LogP contribution in [-0.4, -0.2) is 31.4 Å². The standard InChI is InChI=1S/C11H21N3O2.ClH/c1-11(4-2-3-5-11)8-14-10(16)7-13-9(15)6-12;/h2-8,12H2,1H3,(H,13,15)(H,14,16);1H. The maximum Gasteiger partial charge on any atom is 0.239 e. The van der Waals surface area contributed by atoms with Gasteiger partial charge in [0, 0.05) is 6.54 Å². The molecular weight excluding hydrogens is 242 g/mol. The molecule has 5 nitrogen and oxygen atoms in total. The predicted molar refractivity (Wildman–Crippen MR) is 68.9 cm³/mol. The molecule has 4 N–H and O–H groups in total. The summed E-state index contributed by atoms with van der Waals surface area (Å²) in [6, 6.07) is 0. The number of amides is 2. The number of nitrogens with one attached hydrogen (secondary N) is 2. The van der Waals surface area contributed by atoms with Gasteiger partial charge in [-0.3, -0.25) is 9.59 Å². The zero-order chi connectivity index (χ0) is 12.0. The highest BCUT2D eigenvalue weighted by molar-refractivity contribution is 5.85. The van der Waals surface area contributed by atoms with Gasteiger partial charge < -0.3 is 16.4 Å². The molecule has 0 unspecified atom stereocenters. The molecule has 0 aromatic heterocycles. The number of carbonyl (C=O) groups excluding carboxylic acids is 2. The number of halogens is 1. The largest absolute Gasteiger partial charge is 0.354 e. The first-order valence-electron chi connectivity index (χ1n) is 5.79. The SMILES string of the molecule is CC1(CNC(=O)CNC(=O)CN)CCCC1.Cl. The van der Waals surface area contributed by atoms with E-state index in [4.69, 9.17) is 5.73 Å². The van der Waals surface area contributed by atoms with Crippen LogP contribution in [0.5, 0.6) is 0 Å². The topological polar surface area (TPSA) is 84.2 Å². The van der Waals surface area contributed by atoms with Crippen LogP contribution in [0.25, 0.3) is 0 Å². The molecule has 0 radical (unpaired) electrons. The van der Waals surface area contributed by atoms with Crippen molar-refractivity contribution in [2.45, 2.75) is 32.6 Å². The first-order valence-corrected chi connectivity index (χ1v) is 5.79. The van der Waals surface area contributed by atoms with Crippen molar-refractivity contribution in [3.8, 4) is 0 Å². The highest BCUT2D eigenvalue weighted by atomic mass is 35.5. The molecule has 6 heteroatoms. The third-order valence-corrected chi connectivity index (χ3v) is 3.15. The molecule has 0 heterocycles. The molecule has 1 rings (SSSR count). The Hall–Kier alpha value is -0.810. The van der Waals surface area contributed by atoms with Crippen molar-refractivity contribution >= 4 is 24.2 Å². The molecule has 1 fully saturated rings. The number of rotatable bonds is 5. The van der Waals surface area contributed by atoms with Gasteiger partial charge in [0.1, 0.15) is 0 Å². The van der Waals surface area contributed by atoms with Crippen LogP contribution in [0.1, 0.15) is 32.6 Å². The molecule has 0 bridgehead atoms.